The van der Waals surface area contributed by atoms with Crippen LogP contribution < -0.4 is 21.3 Å². The number of carboxylic acid groups (broad SMARTS) is 1. The minimum absolute atomic E-state index is 0.901. The van der Waals surface area contributed by atoms with Crippen molar-refractivity contribution in [2.24, 2.45) is 0 Å². The molecule has 0 radical (unpaired) electrons. The molecular weight excluding hydrogens is 1450 g/mol. The lowest BCUT2D eigenvalue weighted by molar-refractivity contribution is -0.399. The van der Waals surface area contributed by atoms with E-state index in [-0.39, 0.29) is 0 Å². The van der Waals surface area contributed by atoms with Crippen LogP contribution in [0.3, 0.4) is 0 Å². The number of rotatable bonds is 32. The van der Waals surface area contributed by atoms with Gasteiger partial charge < -0.3 is 210 Å². The molecule has 614 valence electrons. The minimum atomic E-state index is -3.43. The number of carbonyl (C=O) groups excluding carboxylic acids is 4. The van der Waals surface area contributed by atoms with Gasteiger partial charge in [-0.2, -0.15) is 0 Å². The predicted octanol–water partition coefficient (Wildman–Crippen LogP) is -18.0. The molecule has 0 aromatic rings. The third kappa shape index (κ3) is 20.2. The fraction of sp³-hybridized carbons (Fsp3) is 0.915. The van der Waals surface area contributed by atoms with Crippen molar-refractivity contribution in [3.05, 3.63) is 0 Å². The molecule has 0 bridgehead atoms. The smallest absolute Gasteiger partial charge is 0.364 e. The summed E-state index contributed by atoms with van der Waals surface area (Å²) >= 11 is 0. The Morgan fingerprint density at radius 1 is 0.443 bits per heavy atom. The first kappa shape index (κ1) is 89.1. The molecule has 28 N–H and O–H groups in total. The van der Waals surface area contributed by atoms with Gasteiger partial charge >= 0.3 is 5.97 Å². The summed E-state index contributed by atoms with van der Waals surface area (Å²) in [6, 6.07) is -7.52. The molecule has 7 aliphatic heterocycles. The van der Waals surface area contributed by atoms with Crippen LogP contribution in [0.15, 0.2) is 0 Å². The van der Waals surface area contributed by atoms with Crippen LogP contribution in [-0.4, -0.2) is 450 Å². The first-order valence-electron chi connectivity index (χ1n) is 33.5. The molecule has 7 rings (SSSR count). The third-order valence-electron chi connectivity index (χ3n) is 18.8. The Hall–Kier alpha value is -4.13. The Bertz CT molecular complexity index is 2800. The van der Waals surface area contributed by atoms with Gasteiger partial charge in [-0.1, -0.05) is 0 Å². The van der Waals surface area contributed by atoms with Crippen LogP contribution in [0.2, 0.25) is 0 Å². The molecule has 7 aliphatic rings. The molecule has 7 saturated heterocycles. The second-order valence-corrected chi connectivity index (χ2v) is 26.5. The van der Waals surface area contributed by atoms with Gasteiger partial charge in [0.25, 0.3) is 5.79 Å². The number of hydrogen-bond donors (Lipinski definition) is 28. The minimum Gasteiger partial charge on any atom is -0.477 e. The molecule has 47 nitrogen and oxygen atoms in total. The molecule has 0 aromatic carbocycles. The molecule has 7 heterocycles. The summed E-state index contributed by atoms with van der Waals surface area (Å²) in [4.78, 5) is 64.3. The number of amides is 4. The van der Waals surface area contributed by atoms with Crippen molar-refractivity contribution in [2.75, 3.05) is 52.9 Å². The lowest BCUT2D eigenvalue weighted by Gasteiger charge is -2.52. The van der Waals surface area contributed by atoms with E-state index in [0.717, 1.165) is 27.7 Å². The monoisotopic (exact) mass is 1550 g/mol. The highest BCUT2D eigenvalue weighted by atomic mass is 16.8. The van der Waals surface area contributed by atoms with E-state index >= 15 is 0 Å². The lowest BCUT2D eigenvalue weighted by Crippen LogP contribution is -2.72. The van der Waals surface area contributed by atoms with Crippen LogP contribution in [0, 0.1) is 0 Å². The van der Waals surface area contributed by atoms with Gasteiger partial charge in [0, 0.05) is 34.1 Å². The van der Waals surface area contributed by atoms with Crippen molar-refractivity contribution in [3.8, 4) is 0 Å². The molecule has 0 saturated carbocycles. The number of nitrogens with one attached hydrogen (secondary N) is 4. The highest BCUT2D eigenvalue weighted by Crippen LogP contribution is 2.42. The third-order valence-corrected chi connectivity index (χ3v) is 18.8. The van der Waals surface area contributed by atoms with E-state index in [1.807, 2.05) is 0 Å². The Labute approximate surface area is 601 Å². The van der Waals surface area contributed by atoms with Crippen molar-refractivity contribution in [2.45, 2.75) is 286 Å². The van der Waals surface area contributed by atoms with Gasteiger partial charge in [-0.3, -0.25) is 19.2 Å². The number of hydrogen-bond acceptors (Lipinski definition) is 42. The van der Waals surface area contributed by atoms with E-state index in [2.05, 4.69) is 21.3 Å². The van der Waals surface area contributed by atoms with E-state index in [0.29, 0.717) is 0 Å². The zero-order chi connectivity index (χ0) is 79.0. The number of carboxylic acids is 1. The largest absolute Gasteiger partial charge is 0.477 e. The molecule has 40 atom stereocenters. The van der Waals surface area contributed by atoms with E-state index in [1.54, 1.807) is 0 Å². The summed E-state index contributed by atoms with van der Waals surface area (Å²) in [6.45, 7) is -4.52. The fourth-order valence-corrected chi connectivity index (χ4v) is 13.2. The number of ether oxygens (including phenoxy) is 14. The van der Waals surface area contributed by atoms with E-state index in [4.69, 9.17) is 66.3 Å². The number of aliphatic hydroxyl groups excluding tert-OH is 23. The lowest BCUT2D eigenvalue weighted by atomic mass is 9.88. The van der Waals surface area contributed by atoms with Gasteiger partial charge in [0.1, 0.15) is 177 Å². The molecular formula is C59H100N4O43. The Morgan fingerprint density at radius 2 is 0.896 bits per heavy atom. The first-order chi connectivity index (χ1) is 49.9. The maximum Gasteiger partial charge on any atom is 0.364 e. The average Bonchev–Trinajstić information content (AvgIpc) is 0.752. The van der Waals surface area contributed by atoms with Gasteiger partial charge in [0.15, 0.2) is 37.7 Å². The predicted molar refractivity (Wildman–Crippen MR) is 329 cm³/mol. The summed E-state index contributed by atoms with van der Waals surface area (Å²) in [5, 5.41) is 274. The van der Waals surface area contributed by atoms with Gasteiger partial charge in [0.05, 0.1) is 77.1 Å². The van der Waals surface area contributed by atoms with E-state index < -0.39 is 334 Å². The van der Waals surface area contributed by atoms with E-state index in [9.17, 15) is 147 Å². The van der Waals surface area contributed by atoms with Crippen molar-refractivity contribution < 1.29 is 213 Å². The molecule has 106 heavy (non-hydrogen) atoms. The Kier molecular flexibility index (Phi) is 32.7. The molecule has 7 fully saturated rings. The van der Waals surface area contributed by atoms with Crippen LogP contribution in [0.4, 0.5) is 0 Å². The highest BCUT2D eigenvalue weighted by Gasteiger charge is 2.63. The quantitative estimate of drug-likeness (QED) is 0.0297. The van der Waals surface area contributed by atoms with Crippen LogP contribution >= 0.6 is 0 Å². The second kappa shape index (κ2) is 38.9. The Morgan fingerprint density at radius 3 is 1.43 bits per heavy atom. The maximum atomic E-state index is 13.7. The highest BCUT2D eigenvalue weighted by molar-refractivity contribution is 5.77. The maximum absolute atomic E-state index is 13.7. The average molecular weight is 1550 g/mol. The topological polar surface area (TPSA) is 748 Å². The van der Waals surface area contributed by atoms with Gasteiger partial charge in [-0.15, -0.1) is 0 Å². The summed E-state index contributed by atoms with van der Waals surface area (Å²) in [7, 11) is 0. The molecule has 4 amide bonds. The Balaban J connectivity index is 1.21. The van der Waals surface area contributed by atoms with Crippen LogP contribution in [0.1, 0.15) is 41.0 Å². The van der Waals surface area contributed by atoms with Gasteiger partial charge in [0.2, 0.25) is 23.6 Å². The van der Waals surface area contributed by atoms with Crippen molar-refractivity contribution in [3.63, 3.8) is 0 Å². The van der Waals surface area contributed by atoms with Crippen molar-refractivity contribution in [1.29, 1.82) is 0 Å². The van der Waals surface area contributed by atoms with Crippen molar-refractivity contribution >= 4 is 29.6 Å². The normalized spacial score (nSPS) is 44.1. The van der Waals surface area contributed by atoms with Crippen LogP contribution in [0.5, 0.6) is 0 Å². The molecule has 0 unspecified atom stereocenters. The SMILES string of the molecule is CC(=O)N[C@H]1[C@H](OC[C@@H](O)[C@H](O)[C@H](O[C@@H]2O[C@H](CO)[C@H](O)[C@H](O[C@H]3O[C@H](CO)[C@H](O)[C@H](O)[C@H]3O)[C@H]2O[C@@H]2O[C@@H](C)[C@@H](O)[C@@H](O)[C@@H]2O)[C@H](CO)NC(C)=O)O[C@H](CO)[C@@H](O[C@@H]2O[C@H](CO)[C@H](O[C@@H]3O[C@H](CO)[C@H](O)[C@H](O)[C@H]3NC(C)=O)[C@H](O[C@]3(C(=O)O)C[C@H](O)[C@@H](NC(C)=O)[C@H]([C@H](O)[C@H](O)CO)O3)[C@H]2O)[C@@H]1O. The summed E-state index contributed by atoms with van der Waals surface area (Å²) < 4.78 is 82.6. The van der Waals surface area contributed by atoms with Crippen LogP contribution in [0.25, 0.3) is 0 Å². The summed E-state index contributed by atoms with van der Waals surface area (Å²) in [5.41, 5.74) is 0. The summed E-state index contributed by atoms with van der Waals surface area (Å²) in [6.07, 6.45) is -76.2. The molecule has 0 aliphatic carbocycles. The zero-order valence-electron chi connectivity index (χ0n) is 57.4. The molecule has 0 aromatic heterocycles. The van der Waals surface area contributed by atoms with E-state index in [1.165, 1.54) is 6.92 Å². The van der Waals surface area contributed by atoms with Gasteiger partial charge in [-0.05, 0) is 6.92 Å². The fourth-order valence-electron chi connectivity index (χ4n) is 13.2. The van der Waals surface area contributed by atoms with Crippen LogP contribution in [-0.2, 0) is 90.3 Å². The van der Waals surface area contributed by atoms with Crippen molar-refractivity contribution in [1.82, 2.24) is 21.3 Å². The molecule has 0 spiro atoms. The second-order valence-electron chi connectivity index (χ2n) is 26.5. The number of carbonyl (C=O) groups is 5. The standard InChI is InChI=1S/C59H100N4O43/c1-15-32(78)40(86)42(88)54(94-15)104-51-49(103-55-43(89)41(87)36(82)25(10-67)96-55)37(83)26(11-68)97-57(51)100-45(20(7-64)60-16(2)71)34(80)23(77)14-93-52-31(63-19(5)74)39(85)46(27(12-69)98-52)101-56-44(90)50(47(28(13-70)99-56)102-53-30(62-18(4)73)38(84)35(81)24(9-66)95-53)106-59(58(91)92)6-21(75)29(61-17(3)72)48(105-59)33(79)22(76)8-65/h15,20-57,64-70,75-90H,6-14H2,1-5H3,(H,60,71)(H,61,72)(H,62,73)(H,63,74)(H,91,92)/t15-,20-,21-,22+,23+,24+,25+,26+,27+,28+,29+,30+,31+,32+,33+,34-,35-,36-,37-,38+,39+,40+,41-,42-,43+,44+,45+,46+,47-,48+,49-,50+,51+,52+,53-,54-,55+,56-,57-,59-/m0/s1. The summed E-state index contributed by atoms with van der Waals surface area (Å²) in [5.74, 6) is -9.39. The molecule has 47 heteroatoms. The number of aliphatic carboxylic acids is 1. The zero-order valence-corrected chi connectivity index (χ0v) is 57.4. The van der Waals surface area contributed by atoms with Gasteiger partial charge in [-0.25, -0.2) is 4.79 Å². The number of aliphatic hydroxyl groups is 23. The first-order valence-corrected chi connectivity index (χ1v) is 33.5.